The number of fused-ring (bicyclic) bond motifs is 1. The first-order valence-electron chi connectivity index (χ1n) is 10.2. The van der Waals surface area contributed by atoms with Crippen LogP contribution in [-0.2, 0) is 0 Å². The molecule has 1 amide bonds. The third-order valence-electron chi connectivity index (χ3n) is 5.68. The summed E-state index contributed by atoms with van der Waals surface area (Å²) in [5, 5.41) is 1.70. The highest BCUT2D eigenvalue weighted by Gasteiger charge is 2.35. The third-order valence-corrected chi connectivity index (χ3v) is 8.27. The van der Waals surface area contributed by atoms with E-state index in [1.807, 2.05) is 42.3 Å². The minimum Gasteiger partial charge on any atom is -0.340 e. The van der Waals surface area contributed by atoms with Gasteiger partial charge in [0.25, 0.3) is 5.91 Å². The summed E-state index contributed by atoms with van der Waals surface area (Å²) in [6.07, 6.45) is 3.82. The van der Waals surface area contributed by atoms with Crippen molar-refractivity contribution in [2.75, 3.05) is 12.8 Å². The molecule has 1 saturated heterocycles. The number of para-hydroxylation sites is 1. The lowest BCUT2D eigenvalue weighted by molar-refractivity contribution is 0.0726. The minimum absolute atomic E-state index is 0.103. The fourth-order valence-electron chi connectivity index (χ4n) is 4.21. The Morgan fingerprint density at radius 3 is 2.84 bits per heavy atom. The van der Waals surface area contributed by atoms with Gasteiger partial charge in [0.2, 0.25) is 0 Å². The maximum Gasteiger partial charge on any atom is 0.274 e. The smallest absolute Gasteiger partial charge is 0.274 e. The van der Waals surface area contributed by atoms with Crippen LogP contribution in [0.15, 0.2) is 41.3 Å². The third kappa shape index (κ3) is 3.71. The number of H-pyrrole nitrogens is 1. The Balaban J connectivity index is 1.53. The summed E-state index contributed by atoms with van der Waals surface area (Å²) in [5.41, 5.74) is 3.09. The lowest BCUT2D eigenvalue weighted by atomic mass is 10.1. The van der Waals surface area contributed by atoms with Gasteiger partial charge in [-0.15, -0.1) is 23.1 Å². The molecular formula is C23H20Cl2N4OS2. The van der Waals surface area contributed by atoms with Crippen LogP contribution in [0.25, 0.3) is 21.5 Å². The highest BCUT2D eigenvalue weighted by atomic mass is 35.5. The van der Waals surface area contributed by atoms with Gasteiger partial charge in [0.15, 0.2) is 0 Å². The zero-order valence-corrected chi connectivity index (χ0v) is 20.6. The number of hydrogen-bond donors (Lipinski definition) is 1. The molecule has 1 N–H and O–H groups in total. The van der Waals surface area contributed by atoms with Crippen LogP contribution in [0.3, 0.4) is 0 Å². The molecule has 4 aromatic rings. The molecule has 1 aliphatic heterocycles. The monoisotopic (exact) mass is 502 g/mol. The van der Waals surface area contributed by atoms with Crippen LogP contribution in [0.2, 0.25) is 10.0 Å². The predicted octanol–water partition coefficient (Wildman–Crippen LogP) is 7.00. The summed E-state index contributed by atoms with van der Waals surface area (Å²) >= 11 is 15.8. The molecule has 2 aromatic carbocycles. The summed E-state index contributed by atoms with van der Waals surface area (Å²) in [7, 11) is 0. The van der Waals surface area contributed by atoms with E-state index in [1.54, 1.807) is 17.8 Å². The first kappa shape index (κ1) is 21.8. The highest BCUT2D eigenvalue weighted by Crippen LogP contribution is 2.41. The second-order valence-electron chi connectivity index (χ2n) is 7.65. The maximum absolute atomic E-state index is 13.7. The highest BCUT2D eigenvalue weighted by molar-refractivity contribution is 7.98. The van der Waals surface area contributed by atoms with Crippen molar-refractivity contribution in [1.29, 1.82) is 0 Å². The van der Waals surface area contributed by atoms with Gasteiger partial charge in [0, 0.05) is 17.0 Å². The van der Waals surface area contributed by atoms with E-state index in [2.05, 4.69) is 16.0 Å². The van der Waals surface area contributed by atoms with Gasteiger partial charge in [-0.05, 0) is 44.2 Å². The van der Waals surface area contributed by atoms with Crippen molar-refractivity contribution in [1.82, 2.24) is 19.9 Å². The number of carbonyl (C=O) groups is 1. The zero-order valence-electron chi connectivity index (χ0n) is 17.5. The average Bonchev–Trinajstić information content (AvgIpc) is 3.52. The number of nitrogens with one attached hydrogen (secondary N) is 1. The zero-order chi connectivity index (χ0) is 22.4. The van der Waals surface area contributed by atoms with Crippen LogP contribution in [-0.4, -0.2) is 38.6 Å². The van der Waals surface area contributed by atoms with Gasteiger partial charge in [0.05, 0.1) is 31.5 Å². The van der Waals surface area contributed by atoms with E-state index in [0.29, 0.717) is 22.3 Å². The average molecular weight is 503 g/mol. The number of benzene rings is 2. The molecule has 32 heavy (non-hydrogen) atoms. The summed E-state index contributed by atoms with van der Waals surface area (Å²) in [6.45, 7) is 2.56. The number of thiazole rings is 1. The van der Waals surface area contributed by atoms with Crippen LogP contribution in [0.4, 0.5) is 0 Å². The number of halogens is 2. The molecule has 1 aliphatic rings. The lowest BCUT2D eigenvalue weighted by Crippen LogP contribution is -2.31. The fraction of sp³-hybridized carbons (Fsp3) is 0.261. The van der Waals surface area contributed by atoms with Crippen molar-refractivity contribution in [3.05, 3.63) is 63.0 Å². The van der Waals surface area contributed by atoms with E-state index in [0.717, 1.165) is 50.0 Å². The SMILES string of the molecule is CSc1cccc2[nH]c(C3CCCN3C(=O)c3nc(C)sc3-c3cccc(Cl)c3Cl)nc12. The first-order chi connectivity index (χ1) is 15.5. The van der Waals surface area contributed by atoms with Crippen LogP contribution in [0.5, 0.6) is 0 Å². The molecule has 1 unspecified atom stereocenters. The lowest BCUT2D eigenvalue weighted by Gasteiger charge is -2.23. The molecule has 9 heteroatoms. The number of hydrogen-bond acceptors (Lipinski definition) is 5. The van der Waals surface area contributed by atoms with Gasteiger partial charge in [-0.1, -0.05) is 41.4 Å². The molecule has 164 valence electrons. The largest absolute Gasteiger partial charge is 0.340 e. The van der Waals surface area contributed by atoms with E-state index >= 15 is 0 Å². The number of carbonyl (C=O) groups excluding carboxylic acids is 1. The number of thioether (sulfide) groups is 1. The van der Waals surface area contributed by atoms with Crippen LogP contribution in [0.1, 0.15) is 40.2 Å². The summed E-state index contributed by atoms with van der Waals surface area (Å²) in [4.78, 5) is 30.4. The van der Waals surface area contributed by atoms with Crippen LogP contribution >= 0.6 is 46.3 Å². The maximum atomic E-state index is 13.7. The van der Waals surface area contributed by atoms with Gasteiger partial charge in [-0.3, -0.25) is 4.79 Å². The first-order valence-corrected chi connectivity index (χ1v) is 13.0. The topological polar surface area (TPSA) is 61.9 Å². The Morgan fingerprint density at radius 1 is 1.22 bits per heavy atom. The van der Waals surface area contributed by atoms with Crippen molar-refractivity contribution >= 4 is 63.2 Å². The molecule has 1 fully saturated rings. The van der Waals surface area contributed by atoms with E-state index in [4.69, 9.17) is 28.2 Å². The number of rotatable bonds is 4. The number of likely N-dealkylation sites (tertiary alicyclic amines) is 1. The minimum atomic E-state index is -0.116. The number of aromatic nitrogens is 3. The number of imidazole rings is 1. The van der Waals surface area contributed by atoms with E-state index in [1.165, 1.54) is 11.3 Å². The molecular weight excluding hydrogens is 483 g/mol. The normalized spacial score (nSPS) is 16.2. The van der Waals surface area contributed by atoms with E-state index < -0.39 is 0 Å². The Morgan fingerprint density at radius 2 is 2.03 bits per heavy atom. The van der Waals surface area contributed by atoms with Gasteiger partial charge < -0.3 is 9.88 Å². The van der Waals surface area contributed by atoms with Gasteiger partial charge in [-0.2, -0.15) is 0 Å². The fourth-order valence-corrected chi connectivity index (χ4v) is 6.17. The molecule has 0 spiro atoms. The van der Waals surface area contributed by atoms with Crippen LogP contribution in [0, 0.1) is 6.92 Å². The van der Waals surface area contributed by atoms with Crippen molar-refractivity contribution in [3.8, 4) is 10.4 Å². The van der Waals surface area contributed by atoms with Gasteiger partial charge in [-0.25, -0.2) is 9.97 Å². The van der Waals surface area contributed by atoms with Gasteiger partial charge >= 0.3 is 0 Å². The van der Waals surface area contributed by atoms with E-state index in [9.17, 15) is 4.79 Å². The number of nitrogens with zero attached hydrogens (tertiary/aromatic N) is 3. The second-order valence-corrected chi connectivity index (χ2v) is 10.5. The molecule has 0 bridgehead atoms. The molecule has 0 aliphatic carbocycles. The molecule has 0 saturated carbocycles. The molecule has 5 rings (SSSR count). The van der Waals surface area contributed by atoms with Crippen molar-refractivity contribution < 1.29 is 4.79 Å². The summed E-state index contributed by atoms with van der Waals surface area (Å²) < 4.78 is 0. The molecule has 1 atom stereocenters. The predicted molar refractivity (Wildman–Crippen MR) is 133 cm³/mol. The molecule has 2 aromatic heterocycles. The van der Waals surface area contributed by atoms with Crippen molar-refractivity contribution in [2.45, 2.75) is 30.7 Å². The van der Waals surface area contributed by atoms with Crippen molar-refractivity contribution in [2.24, 2.45) is 0 Å². The van der Waals surface area contributed by atoms with Crippen molar-refractivity contribution in [3.63, 3.8) is 0 Å². The van der Waals surface area contributed by atoms with Crippen LogP contribution < -0.4 is 0 Å². The Kier molecular flexibility index (Phi) is 5.92. The Hall–Kier alpha value is -2.06. The van der Waals surface area contributed by atoms with E-state index in [-0.39, 0.29) is 11.9 Å². The summed E-state index contributed by atoms with van der Waals surface area (Å²) in [6, 6.07) is 11.4. The molecule has 0 radical (unpaired) electrons. The second kappa shape index (κ2) is 8.71. The number of aryl methyl sites for hydroxylation is 1. The standard InChI is InChI=1S/C23H20Cl2N4OS2/c1-12-26-20(21(32-12)13-6-3-7-14(24)18(13)25)23(30)29-11-5-9-16(29)22-27-15-8-4-10-17(31-2)19(15)28-22/h3-4,6-8,10,16H,5,9,11H2,1-2H3,(H,27,28). The number of amides is 1. The summed E-state index contributed by atoms with van der Waals surface area (Å²) in [5.74, 6) is 0.718. The quantitative estimate of drug-likeness (QED) is 0.305. The molecule has 5 nitrogen and oxygen atoms in total. The molecule has 3 heterocycles. The van der Waals surface area contributed by atoms with Gasteiger partial charge in [0.1, 0.15) is 17.0 Å². The Bertz CT molecular complexity index is 1330. The number of aromatic amines is 1. The Labute approximate surface area is 204 Å².